The van der Waals surface area contributed by atoms with E-state index in [1.54, 1.807) is 38.1 Å². The Morgan fingerprint density at radius 2 is 1.80 bits per heavy atom. The molecule has 0 fully saturated rings. The fourth-order valence-corrected chi connectivity index (χ4v) is 4.59. The maximum Gasteiger partial charge on any atom is 0.166 e. The zero-order chi connectivity index (χ0) is 18.6. The highest BCUT2D eigenvalue weighted by atomic mass is 16.3. The number of carbonyl (C=O) groups is 2. The lowest BCUT2D eigenvalue weighted by Gasteiger charge is -2.54. The molecule has 0 aliphatic heterocycles. The van der Waals surface area contributed by atoms with Gasteiger partial charge in [0.25, 0.3) is 0 Å². The van der Waals surface area contributed by atoms with Gasteiger partial charge < -0.3 is 5.11 Å². The minimum absolute atomic E-state index is 0.00731. The number of allylic oxidation sites excluding steroid dienone is 5. The van der Waals surface area contributed by atoms with Crippen molar-refractivity contribution in [1.29, 1.82) is 0 Å². The molecule has 0 spiro atoms. The monoisotopic (exact) mass is 336 g/mol. The largest absolute Gasteiger partial charge is 0.508 e. The van der Waals surface area contributed by atoms with E-state index >= 15 is 0 Å². The van der Waals surface area contributed by atoms with Crippen LogP contribution < -0.4 is 0 Å². The highest BCUT2D eigenvalue weighted by molar-refractivity contribution is 6.17. The third-order valence-electron chi connectivity index (χ3n) is 6.46. The van der Waals surface area contributed by atoms with Gasteiger partial charge in [-0.15, -0.1) is 0 Å². The van der Waals surface area contributed by atoms with Gasteiger partial charge in [-0.2, -0.15) is 0 Å². The molecule has 3 heteroatoms. The highest BCUT2D eigenvalue weighted by Gasteiger charge is 2.63. The Morgan fingerprint density at radius 1 is 1.16 bits per heavy atom. The molecule has 3 nitrogen and oxygen atoms in total. The summed E-state index contributed by atoms with van der Waals surface area (Å²) in [6, 6.07) is 6.95. The van der Waals surface area contributed by atoms with Gasteiger partial charge in [0.2, 0.25) is 0 Å². The molecule has 0 saturated heterocycles. The molecule has 0 aromatic heterocycles. The number of phenols is 1. The van der Waals surface area contributed by atoms with Crippen LogP contribution in [-0.4, -0.2) is 16.7 Å². The fraction of sp³-hybridized carbons (Fsp3) is 0.364. The van der Waals surface area contributed by atoms with Crippen LogP contribution in [0.1, 0.15) is 45.6 Å². The summed E-state index contributed by atoms with van der Waals surface area (Å²) in [5, 5.41) is 9.95. The van der Waals surface area contributed by atoms with E-state index in [-0.39, 0.29) is 23.2 Å². The Kier molecular flexibility index (Phi) is 3.86. The van der Waals surface area contributed by atoms with Crippen molar-refractivity contribution < 1.29 is 14.7 Å². The van der Waals surface area contributed by atoms with Gasteiger partial charge in [-0.3, -0.25) is 9.59 Å². The van der Waals surface area contributed by atoms with Crippen LogP contribution in [0.5, 0.6) is 5.75 Å². The van der Waals surface area contributed by atoms with Crippen molar-refractivity contribution in [2.75, 3.05) is 0 Å². The van der Waals surface area contributed by atoms with Crippen LogP contribution in [0, 0.1) is 10.8 Å². The summed E-state index contributed by atoms with van der Waals surface area (Å²) < 4.78 is 0. The molecule has 1 N–H and O–H groups in total. The van der Waals surface area contributed by atoms with Gasteiger partial charge in [0.05, 0.1) is 5.41 Å². The van der Waals surface area contributed by atoms with Crippen LogP contribution in [0.2, 0.25) is 0 Å². The minimum Gasteiger partial charge on any atom is -0.508 e. The van der Waals surface area contributed by atoms with Crippen molar-refractivity contribution in [3.05, 3.63) is 65.3 Å². The van der Waals surface area contributed by atoms with E-state index in [2.05, 4.69) is 6.58 Å². The first-order valence-corrected chi connectivity index (χ1v) is 8.57. The first kappa shape index (κ1) is 17.4. The molecule has 2 aliphatic carbocycles. The van der Waals surface area contributed by atoms with E-state index in [0.29, 0.717) is 17.6 Å². The van der Waals surface area contributed by atoms with Crippen molar-refractivity contribution in [3.8, 4) is 5.75 Å². The summed E-state index contributed by atoms with van der Waals surface area (Å²) in [6.45, 7) is 11.2. The zero-order valence-corrected chi connectivity index (χ0v) is 15.2. The predicted octanol–water partition coefficient (Wildman–Crippen LogP) is 4.49. The van der Waals surface area contributed by atoms with E-state index in [1.165, 1.54) is 0 Å². The Morgan fingerprint density at radius 3 is 2.40 bits per heavy atom. The number of Topliss-reactive ketones (excluding diaryl/α,β-unsaturated/α-hetero) is 2. The van der Waals surface area contributed by atoms with E-state index in [1.807, 2.05) is 26.0 Å². The molecule has 0 radical (unpaired) electrons. The molecule has 2 aliphatic rings. The number of fused-ring (bicyclic) bond motifs is 1. The van der Waals surface area contributed by atoms with Crippen LogP contribution >= 0.6 is 0 Å². The summed E-state index contributed by atoms with van der Waals surface area (Å²) in [6.07, 6.45) is 4.29. The van der Waals surface area contributed by atoms with Crippen LogP contribution in [0.15, 0.2) is 59.7 Å². The maximum absolute atomic E-state index is 13.4. The molecule has 0 bridgehead atoms. The molecular formula is C22H24O3. The second kappa shape index (κ2) is 5.55. The lowest BCUT2D eigenvalue weighted by atomic mass is 9.45. The summed E-state index contributed by atoms with van der Waals surface area (Å²) in [5.74, 6) is -0.130. The van der Waals surface area contributed by atoms with Crippen molar-refractivity contribution in [1.82, 2.24) is 0 Å². The topological polar surface area (TPSA) is 54.4 Å². The lowest BCUT2D eigenvalue weighted by molar-refractivity contribution is -0.147. The predicted molar refractivity (Wildman–Crippen MR) is 98.3 cm³/mol. The van der Waals surface area contributed by atoms with E-state index < -0.39 is 10.8 Å². The van der Waals surface area contributed by atoms with E-state index in [9.17, 15) is 14.7 Å². The second-order valence-corrected chi connectivity index (χ2v) is 7.58. The van der Waals surface area contributed by atoms with Crippen LogP contribution in [0.25, 0.3) is 0 Å². The number of hydrogen-bond acceptors (Lipinski definition) is 3. The molecule has 130 valence electrons. The molecule has 1 aromatic rings. The minimum atomic E-state index is -0.917. The van der Waals surface area contributed by atoms with E-state index in [0.717, 1.165) is 11.1 Å². The molecule has 0 heterocycles. The first-order chi connectivity index (χ1) is 11.7. The smallest absolute Gasteiger partial charge is 0.166 e. The summed E-state index contributed by atoms with van der Waals surface area (Å²) >= 11 is 0. The summed E-state index contributed by atoms with van der Waals surface area (Å²) in [5.41, 5.74) is 1.14. The van der Waals surface area contributed by atoms with Gasteiger partial charge >= 0.3 is 0 Å². The number of carbonyl (C=O) groups excluding carboxylic acids is 2. The molecule has 0 saturated carbocycles. The lowest BCUT2D eigenvalue weighted by Crippen LogP contribution is -2.57. The average Bonchev–Trinajstić information content (AvgIpc) is 2.60. The molecule has 1 aromatic carbocycles. The fourth-order valence-electron chi connectivity index (χ4n) is 4.59. The third kappa shape index (κ3) is 2.11. The summed E-state index contributed by atoms with van der Waals surface area (Å²) in [7, 11) is 0. The van der Waals surface area contributed by atoms with Crippen LogP contribution in [0.3, 0.4) is 0 Å². The number of ketones is 2. The van der Waals surface area contributed by atoms with Crippen molar-refractivity contribution in [2.24, 2.45) is 10.8 Å². The maximum atomic E-state index is 13.4. The Hall–Kier alpha value is -2.42. The number of rotatable bonds is 2. The zero-order valence-electron chi connectivity index (χ0n) is 15.2. The molecule has 0 amide bonds. The molecular weight excluding hydrogens is 312 g/mol. The van der Waals surface area contributed by atoms with Gasteiger partial charge in [0.15, 0.2) is 11.6 Å². The Bertz CT molecular complexity index is 858. The molecule has 25 heavy (non-hydrogen) atoms. The van der Waals surface area contributed by atoms with Crippen molar-refractivity contribution in [3.63, 3.8) is 0 Å². The average molecular weight is 336 g/mol. The number of phenolic OH excluding ortho intramolecular Hbond substituents is 1. The Labute approximate surface area is 148 Å². The quantitative estimate of drug-likeness (QED) is 0.865. The van der Waals surface area contributed by atoms with E-state index in [4.69, 9.17) is 0 Å². The van der Waals surface area contributed by atoms with Crippen LogP contribution in [0.4, 0.5) is 0 Å². The Balaban J connectivity index is 2.34. The van der Waals surface area contributed by atoms with Gasteiger partial charge in [-0.05, 0) is 54.7 Å². The number of benzene rings is 1. The SMILES string of the molecule is C=CC1=CC[C@@]2(C)C(=O)C(C)=C(C)C(=O)[C@@]2(C)[C@H]1c1cccc(O)c1. The third-order valence-corrected chi connectivity index (χ3v) is 6.46. The van der Waals surface area contributed by atoms with Gasteiger partial charge in [0, 0.05) is 11.3 Å². The molecule has 0 unspecified atom stereocenters. The number of hydrogen-bond donors (Lipinski definition) is 1. The standard InChI is InChI=1S/C22H24O3/c1-6-15-10-11-21(4)19(24)13(2)14(3)20(25)22(21,5)18(15)16-8-7-9-17(23)12-16/h6-10,12,18,23H,1,11H2,2-5H3/t18-,21+,22-/m1/s1. The van der Waals surface area contributed by atoms with Gasteiger partial charge in [0.1, 0.15) is 5.75 Å². The molecule has 3 rings (SSSR count). The van der Waals surface area contributed by atoms with Crippen LogP contribution in [-0.2, 0) is 9.59 Å². The van der Waals surface area contributed by atoms with Crippen molar-refractivity contribution >= 4 is 11.6 Å². The van der Waals surface area contributed by atoms with Gasteiger partial charge in [-0.1, -0.05) is 44.7 Å². The number of aromatic hydroxyl groups is 1. The second-order valence-electron chi connectivity index (χ2n) is 7.58. The highest BCUT2D eigenvalue weighted by Crippen LogP contribution is 2.62. The summed E-state index contributed by atoms with van der Waals surface area (Å²) in [4.78, 5) is 26.6. The normalized spacial score (nSPS) is 32.3. The molecule has 3 atom stereocenters. The first-order valence-electron chi connectivity index (χ1n) is 8.57. The van der Waals surface area contributed by atoms with Crippen molar-refractivity contribution in [2.45, 2.75) is 40.0 Å². The van der Waals surface area contributed by atoms with Gasteiger partial charge in [-0.25, -0.2) is 0 Å².